The van der Waals surface area contributed by atoms with E-state index in [1.165, 1.54) is 5.57 Å². The highest BCUT2D eigenvalue weighted by molar-refractivity contribution is 6.32. The van der Waals surface area contributed by atoms with Crippen LogP contribution in [0.15, 0.2) is 17.7 Å². The second-order valence-electron chi connectivity index (χ2n) is 4.01. The summed E-state index contributed by atoms with van der Waals surface area (Å²) in [5, 5.41) is 3.83. The quantitative estimate of drug-likeness (QED) is 0.859. The van der Waals surface area contributed by atoms with Crippen LogP contribution in [-0.4, -0.2) is 27.3 Å². The van der Waals surface area contributed by atoms with E-state index >= 15 is 0 Å². The Morgan fingerprint density at radius 2 is 2.06 bits per heavy atom. The summed E-state index contributed by atoms with van der Waals surface area (Å²) in [6, 6.07) is 3.79. The SMILES string of the molecule is CCNCC(C)=Cc1cc(Cl)c(OC)c(OC)c1. The van der Waals surface area contributed by atoms with Crippen molar-refractivity contribution in [3.8, 4) is 11.5 Å². The summed E-state index contributed by atoms with van der Waals surface area (Å²) in [5.74, 6) is 1.22. The number of likely N-dealkylation sites (N-methyl/N-ethyl adjacent to an activating group) is 1. The third kappa shape index (κ3) is 3.93. The standard InChI is InChI=1S/C14H20ClNO2/c1-5-16-9-10(2)6-11-7-12(15)14(18-4)13(8-11)17-3/h6-8,16H,5,9H2,1-4H3. The predicted molar refractivity (Wildman–Crippen MR) is 76.8 cm³/mol. The van der Waals surface area contributed by atoms with E-state index < -0.39 is 0 Å². The van der Waals surface area contributed by atoms with Crippen LogP contribution in [-0.2, 0) is 0 Å². The van der Waals surface area contributed by atoms with Crippen molar-refractivity contribution in [3.05, 3.63) is 28.3 Å². The Morgan fingerprint density at radius 3 is 2.61 bits per heavy atom. The number of halogens is 1. The topological polar surface area (TPSA) is 30.5 Å². The van der Waals surface area contributed by atoms with Gasteiger partial charge in [-0.25, -0.2) is 0 Å². The van der Waals surface area contributed by atoms with Crippen LogP contribution in [0, 0.1) is 0 Å². The maximum Gasteiger partial charge on any atom is 0.179 e. The maximum absolute atomic E-state index is 6.15. The van der Waals surface area contributed by atoms with E-state index in [-0.39, 0.29) is 0 Å². The number of rotatable bonds is 6. The van der Waals surface area contributed by atoms with Gasteiger partial charge in [0.25, 0.3) is 0 Å². The van der Waals surface area contributed by atoms with E-state index in [9.17, 15) is 0 Å². The molecule has 100 valence electrons. The van der Waals surface area contributed by atoms with Crippen LogP contribution in [0.25, 0.3) is 6.08 Å². The average Bonchev–Trinajstić information content (AvgIpc) is 2.35. The lowest BCUT2D eigenvalue weighted by Crippen LogP contribution is -2.14. The van der Waals surface area contributed by atoms with E-state index in [2.05, 4.69) is 25.2 Å². The Morgan fingerprint density at radius 1 is 1.33 bits per heavy atom. The first-order valence-electron chi connectivity index (χ1n) is 5.91. The summed E-state index contributed by atoms with van der Waals surface area (Å²) < 4.78 is 10.5. The lowest BCUT2D eigenvalue weighted by atomic mass is 10.1. The highest BCUT2D eigenvalue weighted by atomic mass is 35.5. The van der Waals surface area contributed by atoms with Gasteiger partial charge in [-0.1, -0.05) is 30.2 Å². The minimum absolute atomic E-state index is 0.555. The molecule has 0 bridgehead atoms. The molecule has 3 nitrogen and oxygen atoms in total. The largest absolute Gasteiger partial charge is 0.493 e. The van der Waals surface area contributed by atoms with Crippen molar-refractivity contribution >= 4 is 17.7 Å². The van der Waals surface area contributed by atoms with Gasteiger partial charge < -0.3 is 14.8 Å². The predicted octanol–water partition coefficient (Wildman–Crippen LogP) is 3.37. The van der Waals surface area contributed by atoms with Crippen LogP contribution in [0.5, 0.6) is 11.5 Å². The van der Waals surface area contributed by atoms with Crippen LogP contribution in [0.2, 0.25) is 5.02 Å². The fourth-order valence-corrected chi connectivity index (χ4v) is 1.98. The average molecular weight is 270 g/mol. The molecule has 0 aliphatic carbocycles. The lowest BCUT2D eigenvalue weighted by Gasteiger charge is -2.11. The first kappa shape index (κ1) is 14.9. The second kappa shape index (κ2) is 7.29. The zero-order chi connectivity index (χ0) is 13.5. The van der Waals surface area contributed by atoms with E-state index in [0.717, 1.165) is 18.7 Å². The smallest absolute Gasteiger partial charge is 0.179 e. The van der Waals surface area contributed by atoms with Crippen molar-refractivity contribution in [1.82, 2.24) is 5.32 Å². The first-order chi connectivity index (χ1) is 8.62. The van der Waals surface area contributed by atoms with Crippen molar-refractivity contribution in [2.24, 2.45) is 0 Å². The zero-order valence-corrected chi connectivity index (χ0v) is 12.1. The monoisotopic (exact) mass is 269 g/mol. The third-order valence-corrected chi connectivity index (χ3v) is 2.80. The number of benzene rings is 1. The van der Waals surface area contributed by atoms with Gasteiger partial charge >= 0.3 is 0 Å². The highest BCUT2D eigenvalue weighted by Gasteiger charge is 2.09. The van der Waals surface area contributed by atoms with Gasteiger partial charge in [0.15, 0.2) is 11.5 Å². The van der Waals surface area contributed by atoms with E-state index in [0.29, 0.717) is 16.5 Å². The highest BCUT2D eigenvalue weighted by Crippen LogP contribution is 2.36. The molecule has 0 aliphatic rings. The summed E-state index contributed by atoms with van der Waals surface area (Å²) in [7, 11) is 3.18. The van der Waals surface area contributed by atoms with Crippen molar-refractivity contribution in [1.29, 1.82) is 0 Å². The van der Waals surface area contributed by atoms with Gasteiger partial charge in [0.2, 0.25) is 0 Å². The molecule has 1 aromatic carbocycles. The Bertz CT molecular complexity index is 430. The van der Waals surface area contributed by atoms with Gasteiger partial charge in [-0.3, -0.25) is 0 Å². The first-order valence-corrected chi connectivity index (χ1v) is 6.29. The molecular formula is C14H20ClNO2. The summed E-state index contributed by atoms with van der Waals surface area (Å²) in [6.07, 6.45) is 2.08. The summed E-state index contributed by atoms with van der Waals surface area (Å²) in [5.41, 5.74) is 2.24. The van der Waals surface area contributed by atoms with Crippen LogP contribution in [0.3, 0.4) is 0 Å². The Balaban J connectivity index is 3.00. The number of methoxy groups -OCH3 is 2. The summed E-state index contributed by atoms with van der Waals surface area (Å²) in [4.78, 5) is 0. The Hall–Kier alpha value is -1.19. The molecule has 0 aliphatic heterocycles. The van der Waals surface area contributed by atoms with Gasteiger partial charge in [-0.2, -0.15) is 0 Å². The number of hydrogen-bond acceptors (Lipinski definition) is 3. The molecule has 0 spiro atoms. The van der Waals surface area contributed by atoms with Crippen LogP contribution >= 0.6 is 11.6 Å². The molecule has 0 radical (unpaired) electrons. The minimum Gasteiger partial charge on any atom is -0.493 e. The second-order valence-corrected chi connectivity index (χ2v) is 4.42. The molecule has 1 N–H and O–H groups in total. The van der Waals surface area contributed by atoms with Gasteiger partial charge in [-0.05, 0) is 31.2 Å². The van der Waals surface area contributed by atoms with E-state index in [1.807, 2.05) is 12.1 Å². The van der Waals surface area contributed by atoms with Crippen LogP contribution in [0.1, 0.15) is 19.4 Å². The maximum atomic E-state index is 6.15. The van der Waals surface area contributed by atoms with Gasteiger partial charge in [0, 0.05) is 6.54 Å². The number of hydrogen-bond donors (Lipinski definition) is 1. The molecule has 0 saturated carbocycles. The summed E-state index contributed by atoms with van der Waals surface area (Å²) >= 11 is 6.15. The molecule has 0 amide bonds. The van der Waals surface area contributed by atoms with Crippen molar-refractivity contribution in [3.63, 3.8) is 0 Å². The fourth-order valence-electron chi connectivity index (χ4n) is 1.68. The molecule has 0 saturated heterocycles. The molecule has 0 unspecified atom stereocenters. The van der Waals surface area contributed by atoms with Crippen molar-refractivity contribution in [2.45, 2.75) is 13.8 Å². The molecule has 1 rings (SSSR count). The number of ether oxygens (including phenoxy) is 2. The molecule has 0 fully saturated rings. The fraction of sp³-hybridized carbons (Fsp3) is 0.429. The lowest BCUT2D eigenvalue weighted by molar-refractivity contribution is 0.355. The van der Waals surface area contributed by atoms with Crippen molar-refractivity contribution in [2.75, 3.05) is 27.3 Å². The third-order valence-electron chi connectivity index (χ3n) is 2.52. The normalized spacial score (nSPS) is 11.5. The molecule has 0 heterocycles. The van der Waals surface area contributed by atoms with Gasteiger partial charge in [0.1, 0.15) is 0 Å². The molecular weight excluding hydrogens is 250 g/mol. The van der Waals surface area contributed by atoms with Gasteiger partial charge in [0.05, 0.1) is 19.2 Å². The van der Waals surface area contributed by atoms with Crippen LogP contribution in [0.4, 0.5) is 0 Å². The Labute approximate surface area is 114 Å². The van der Waals surface area contributed by atoms with Crippen LogP contribution < -0.4 is 14.8 Å². The van der Waals surface area contributed by atoms with Crippen molar-refractivity contribution < 1.29 is 9.47 Å². The molecule has 4 heteroatoms. The van der Waals surface area contributed by atoms with Gasteiger partial charge in [-0.15, -0.1) is 0 Å². The molecule has 0 aromatic heterocycles. The Kier molecular flexibility index (Phi) is 6.02. The van der Waals surface area contributed by atoms with E-state index in [4.69, 9.17) is 21.1 Å². The molecule has 1 aromatic rings. The number of nitrogens with one attached hydrogen (secondary N) is 1. The summed E-state index contributed by atoms with van der Waals surface area (Å²) in [6.45, 7) is 5.98. The molecule has 0 atom stereocenters. The minimum atomic E-state index is 0.555. The zero-order valence-electron chi connectivity index (χ0n) is 11.3. The van der Waals surface area contributed by atoms with E-state index in [1.54, 1.807) is 14.2 Å². The molecule has 18 heavy (non-hydrogen) atoms.